The third-order valence-electron chi connectivity index (χ3n) is 2.93. The van der Waals surface area contributed by atoms with Gasteiger partial charge >= 0.3 is 6.09 Å². The van der Waals surface area contributed by atoms with E-state index in [1.165, 1.54) is 0 Å². The monoisotopic (exact) mass is 243 g/mol. The van der Waals surface area contributed by atoms with Crippen LogP contribution in [0.3, 0.4) is 0 Å². The number of carbonyl (C=O) groups excluding carboxylic acids is 1. The lowest BCUT2D eigenvalue weighted by Crippen LogP contribution is -2.50. The number of aliphatic hydroxyl groups is 1. The minimum atomic E-state index is -0.476. The molecule has 4 heteroatoms. The van der Waals surface area contributed by atoms with Crippen LogP contribution in [0.1, 0.15) is 53.4 Å². The van der Waals surface area contributed by atoms with Gasteiger partial charge in [-0.15, -0.1) is 0 Å². The van der Waals surface area contributed by atoms with E-state index in [0.29, 0.717) is 6.54 Å². The van der Waals surface area contributed by atoms with Crippen molar-refractivity contribution in [3.63, 3.8) is 0 Å². The van der Waals surface area contributed by atoms with E-state index in [-0.39, 0.29) is 12.1 Å². The number of carbonyl (C=O) groups is 1. The zero-order valence-electron chi connectivity index (χ0n) is 11.4. The van der Waals surface area contributed by atoms with Crippen molar-refractivity contribution in [3.05, 3.63) is 0 Å². The normalized spacial score (nSPS) is 25.8. The standard InChI is InChI=1S/C13H25NO3/c1-5-6-10-7-8-11(15)9-14(10)12(16)17-13(2,3)4/h10-11,15H,5-9H2,1-4H3. The highest BCUT2D eigenvalue weighted by molar-refractivity contribution is 5.68. The molecule has 1 aliphatic rings. The number of nitrogens with zero attached hydrogens (tertiary/aromatic N) is 1. The maximum absolute atomic E-state index is 12.0. The second-order valence-corrected chi connectivity index (χ2v) is 5.81. The van der Waals surface area contributed by atoms with E-state index in [0.717, 1.165) is 25.7 Å². The number of hydrogen-bond donors (Lipinski definition) is 1. The minimum absolute atomic E-state index is 0.221. The van der Waals surface area contributed by atoms with Crippen molar-refractivity contribution in [3.8, 4) is 0 Å². The summed E-state index contributed by atoms with van der Waals surface area (Å²) in [6.07, 6.45) is 2.97. The largest absolute Gasteiger partial charge is 0.444 e. The van der Waals surface area contributed by atoms with Crippen molar-refractivity contribution in [1.82, 2.24) is 4.90 Å². The van der Waals surface area contributed by atoms with Crippen LogP contribution in [0.2, 0.25) is 0 Å². The second kappa shape index (κ2) is 5.71. The maximum atomic E-state index is 12.0. The summed E-state index contributed by atoms with van der Waals surface area (Å²) in [4.78, 5) is 13.7. The Morgan fingerprint density at radius 2 is 2.06 bits per heavy atom. The van der Waals surface area contributed by atoms with E-state index in [1.807, 2.05) is 20.8 Å². The molecule has 1 aliphatic heterocycles. The van der Waals surface area contributed by atoms with E-state index < -0.39 is 11.7 Å². The fourth-order valence-corrected chi connectivity index (χ4v) is 2.19. The maximum Gasteiger partial charge on any atom is 0.410 e. The number of likely N-dealkylation sites (tertiary alicyclic amines) is 1. The van der Waals surface area contributed by atoms with Gasteiger partial charge < -0.3 is 14.7 Å². The van der Waals surface area contributed by atoms with Crippen LogP contribution < -0.4 is 0 Å². The van der Waals surface area contributed by atoms with Crippen molar-refractivity contribution in [1.29, 1.82) is 0 Å². The van der Waals surface area contributed by atoms with Crippen LogP contribution in [0.5, 0.6) is 0 Å². The molecule has 1 fully saturated rings. The fraction of sp³-hybridized carbons (Fsp3) is 0.923. The molecule has 0 aromatic carbocycles. The van der Waals surface area contributed by atoms with Crippen molar-refractivity contribution in [2.75, 3.05) is 6.54 Å². The van der Waals surface area contributed by atoms with E-state index in [2.05, 4.69) is 6.92 Å². The lowest BCUT2D eigenvalue weighted by Gasteiger charge is -2.38. The third kappa shape index (κ3) is 4.54. The number of amides is 1. The molecule has 0 radical (unpaired) electrons. The van der Waals surface area contributed by atoms with Gasteiger partial charge in [0, 0.05) is 6.04 Å². The van der Waals surface area contributed by atoms with Gasteiger partial charge in [0.25, 0.3) is 0 Å². The number of β-amino-alcohol motifs (C(OH)–C–C–N with tert-alkyl or cyclic N) is 1. The molecule has 1 rings (SSSR count). The van der Waals surface area contributed by atoms with Crippen LogP contribution in [0.25, 0.3) is 0 Å². The molecule has 1 N–H and O–H groups in total. The Kier molecular flexibility index (Phi) is 4.80. The summed E-state index contributed by atoms with van der Waals surface area (Å²) in [5.41, 5.74) is -0.476. The molecule has 4 nitrogen and oxygen atoms in total. The molecule has 0 aromatic heterocycles. The van der Waals surface area contributed by atoms with Crippen LogP contribution in [0, 0.1) is 0 Å². The summed E-state index contributed by atoms with van der Waals surface area (Å²) in [5.74, 6) is 0. The highest BCUT2D eigenvalue weighted by Crippen LogP contribution is 2.23. The van der Waals surface area contributed by atoms with Crippen LogP contribution in [0.4, 0.5) is 4.79 Å². The molecule has 0 aromatic rings. The van der Waals surface area contributed by atoms with Gasteiger partial charge in [0.15, 0.2) is 0 Å². The molecule has 0 spiro atoms. The first-order chi connectivity index (χ1) is 7.83. The number of piperidine rings is 1. The quantitative estimate of drug-likeness (QED) is 0.811. The average Bonchev–Trinajstić information content (AvgIpc) is 2.18. The molecule has 17 heavy (non-hydrogen) atoms. The van der Waals surface area contributed by atoms with Crippen molar-refractivity contribution in [2.24, 2.45) is 0 Å². The average molecular weight is 243 g/mol. The first kappa shape index (κ1) is 14.3. The van der Waals surface area contributed by atoms with Crippen LogP contribution in [-0.4, -0.2) is 40.4 Å². The van der Waals surface area contributed by atoms with E-state index >= 15 is 0 Å². The second-order valence-electron chi connectivity index (χ2n) is 5.81. The van der Waals surface area contributed by atoms with E-state index in [1.54, 1.807) is 4.90 Å². The van der Waals surface area contributed by atoms with Crippen LogP contribution in [-0.2, 0) is 4.74 Å². The highest BCUT2D eigenvalue weighted by Gasteiger charge is 2.32. The van der Waals surface area contributed by atoms with Gasteiger partial charge in [0.2, 0.25) is 0 Å². The molecule has 0 saturated carbocycles. The predicted octanol–water partition coefficient (Wildman–Crippen LogP) is 2.55. The molecule has 0 bridgehead atoms. The summed E-state index contributed by atoms with van der Waals surface area (Å²) in [6.45, 7) is 8.10. The Bertz CT molecular complexity index is 260. The fourth-order valence-electron chi connectivity index (χ4n) is 2.19. The van der Waals surface area contributed by atoms with Gasteiger partial charge in [0.05, 0.1) is 12.6 Å². The number of ether oxygens (including phenoxy) is 1. The number of aliphatic hydroxyl groups excluding tert-OH is 1. The molecule has 100 valence electrons. The first-order valence-corrected chi connectivity index (χ1v) is 6.51. The molecular formula is C13H25NO3. The van der Waals surface area contributed by atoms with Gasteiger partial charge in [-0.2, -0.15) is 0 Å². The smallest absolute Gasteiger partial charge is 0.410 e. The van der Waals surface area contributed by atoms with Gasteiger partial charge in [-0.3, -0.25) is 0 Å². The van der Waals surface area contributed by atoms with E-state index in [4.69, 9.17) is 4.74 Å². The van der Waals surface area contributed by atoms with Crippen LogP contribution >= 0.6 is 0 Å². The Labute approximate surface area is 104 Å². The first-order valence-electron chi connectivity index (χ1n) is 6.51. The highest BCUT2D eigenvalue weighted by atomic mass is 16.6. The zero-order valence-corrected chi connectivity index (χ0v) is 11.4. The zero-order chi connectivity index (χ0) is 13.1. The topological polar surface area (TPSA) is 49.8 Å². The van der Waals surface area contributed by atoms with Gasteiger partial charge in [-0.25, -0.2) is 4.79 Å². The van der Waals surface area contributed by atoms with Crippen molar-refractivity contribution >= 4 is 6.09 Å². The van der Waals surface area contributed by atoms with E-state index in [9.17, 15) is 9.90 Å². The van der Waals surface area contributed by atoms with Gasteiger partial charge in [-0.05, 0) is 40.0 Å². The molecule has 2 unspecified atom stereocenters. The molecule has 2 atom stereocenters. The Hall–Kier alpha value is -0.770. The van der Waals surface area contributed by atoms with Gasteiger partial charge in [-0.1, -0.05) is 13.3 Å². The van der Waals surface area contributed by atoms with Crippen molar-refractivity contribution in [2.45, 2.75) is 71.1 Å². The Morgan fingerprint density at radius 3 is 2.59 bits per heavy atom. The van der Waals surface area contributed by atoms with Crippen molar-refractivity contribution < 1.29 is 14.6 Å². The number of rotatable bonds is 2. The summed E-state index contributed by atoms with van der Waals surface area (Å²) in [7, 11) is 0. The lowest BCUT2D eigenvalue weighted by atomic mass is 9.97. The summed E-state index contributed by atoms with van der Waals surface area (Å²) >= 11 is 0. The Balaban J connectivity index is 2.65. The SMILES string of the molecule is CCCC1CCC(O)CN1C(=O)OC(C)(C)C. The predicted molar refractivity (Wildman–Crippen MR) is 66.9 cm³/mol. The third-order valence-corrected chi connectivity index (χ3v) is 2.93. The van der Waals surface area contributed by atoms with Crippen LogP contribution in [0.15, 0.2) is 0 Å². The summed E-state index contributed by atoms with van der Waals surface area (Å²) < 4.78 is 5.38. The minimum Gasteiger partial charge on any atom is -0.444 e. The summed E-state index contributed by atoms with van der Waals surface area (Å²) in [5, 5.41) is 9.66. The Morgan fingerprint density at radius 1 is 1.41 bits per heavy atom. The molecular weight excluding hydrogens is 218 g/mol. The molecule has 1 amide bonds. The molecule has 1 heterocycles. The molecule has 1 saturated heterocycles. The lowest BCUT2D eigenvalue weighted by molar-refractivity contribution is -0.0142. The summed E-state index contributed by atoms with van der Waals surface area (Å²) in [6, 6.07) is 0.221. The van der Waals surface area contributed by atoms with Gasteiger partial charge in [0.1, 0.15) is 5.60 Å². The number of hydrogen-bond acceptors (Lipinski definition) is 3. The molecule has 0 aliphatic carbocycles.